The summed E-state index contributed by atoms with van der Waals surface area (Å²) in [6.07, 6.45) is 1.91. The molecule has 0 atom stereocenters. The van der Waals surface area contributed by atoms with Crippen molar-refractivity contribution in [1.82, 2.24) is 20.4 Å². The van der Waals surface area contributed by atoms with Crippen molar-refractivity contribution in [3.05, 3.63) is 76.8 Å². The smallest absolute Gasteiger partial charge is 0.315 e. The van der Waals surface area contributed by atoms with E-state index in [9.17, 15) is 9.59 Å². The minimum absolute atomic E-state index is 0.101. The highest BCUT2D eigenvalue weighted by molar-refractivity contribution is 8.00. The van der Waals surface area contributed by atoms with Crippen LogP contribution in [0.1, 0.15) is 16.1 Å². The number of carbonyl (C=O) groups is 2. The summed E-state index contributed by atoms with van der Waals surface area (Å²) < 4.78 is 0.800. The minimum Gasteiger partial charge on any atom is -0.315 e. The Kier molecular flexibility index (Phi) is 4.67. The number of rotatable bonds is 5. The van der Waals surface area contributed by atoms with Crippen LogP contribution in [-0.2, 0) is 16.9 Å². The Labute approximate surface area is 164 Å². The number of aromatic nitrogens is 2. The quantitative estimate of drug-likeness (QED) is 0.529. The molecular weight excluding hydrogens is 380 g/mol. The van der Waals surface area contributed by atoms with Gasteiger partial charge in [0.2, 0.25) is 0 Å². The van der Waals surface area contributed by atoms with Gasteiger partial charge in [0, 0.05) is 0 Å². The van der Waals surface area contributed by atoms with E-state index in [1.807, 2.05) is 66.9 Å². The van der Waals surface area contributed by atoms with Gasteiger partial charge in [-0.3, -0.25) is 9.69 Å². The predicted molar refractivity (Wildman–Crippen MR) is 104 cm³/mol. The lowest BCUT2D eigenvalue weighted by molar-refractivity contribution is -0.130. The van der Waals surface area contributed by atoms with E-state index in [-0.39, 0.29) is 12.5 Å². The number of carbonyl (C=O) groups excluding carboxylic acids is 2. The van der Waals surface area contributed by atoms with Gasteiger partial charge in [-0.25, -0.2) is 4.79 Å². The molecule has 1 aromatic heterocycles. The van der Waals surface area contributed by atoms with Gasteiger partial charge in [0.1, 0.15) is 5.01 Å². The van der Waals surface area contributed by atoms with Gasteiger partial charge in [-0.15, -0.1) is 10.2 Å². The topological polar surface area (TPSA) is 75.2 Å². The highest BCUT2D eigenvalue weighted by atomic mass is 32.2. The lowest BCUT2D eigenvalue weighted by Crippen LogP contribution is -2.45. The summed E-state index contributed by atoms with van der Waals surface area (Å²) >= 11 is 2.87. The van der Waals surface area contributed by atoms with Crippen LogP contribution in [0.25, 0.3) is 0 Å². The molecule has 3 amide bonds. The van der Waals surface area contributed by atoms with Crippen LogP contribution in [0.2, 0.25) is 0 Å². The highest BCUT2D eigenvalue weighted by Crippen LogP contribution is 2.36. The largest absolute Gasteiger partial charge is 0.325 e. The van der Waals surface area contributed by atoms with Gasteiger partial charge < -0.3 is 5.32 Å². The molecule has 1 aliphatic rings. The van der Waals surface area contributed by atoms with Crippen LogP contribution in [0.3, 0.4) is 0 Å². The number of nitrogens with one attached hydrogen (secondary N) is 1. The first-order valence-electron chi connectivity index (χ1n) is 8.26. The summed E-state index contributed by atoms with van der Waals surface area (Å²) in [4.78, 5) is 27.5. The molecule has 3 aromatic rings. The molecule has 1 saturated heterocycles. The van der Waals surface area contributed by atoms with E-state index in [2.05, 4.69) is 15.5 Å². The maximum atomic E-state index is 13.5. The zero-order valence-corrected chi connectivity index (χ0v) is 16.1. The number of hydrogen-bond acceptors (Lipinski definition) is 6. The second kappa shape index (κ2) is 7.13. The van der Waals surface area contributed by atoms with Gasteiger partial charge in [0.05, 0.1) is 6.54 Å². The number of nitrogens with zero attached hydrogens (tertiary/aromatic N) is 3. The monoisotopic (exact) mass is 396 g/mol. The standard InChI is InChI=1S/C19H16N4O2S2/c1-26-18-22-21-15(27-18)12-23-16(24)19(20-17(23)25,13-8-4-2-5-9-13)14-10-6-3-7-11-14/h2-11H,12H2,1H3,(H,20,25). The number of benzene rings is 2. The molecule has 1 N–H and O–H groups in total. The average molecular weight is 396 g/mol. The van der Waals surface area contributed by atoms with E-state index in [4.69, 9.17) is 0 Å². The third kappa shape index (κ3) is 3.00. The second-order valence-electron chi connectivity index (χ2n) is 5.97. The zero-order valence-electron chi connectivity index (χ0n) is 14.5. The molecule has 27 heavy (non-hydrogen) atoms. The van der Waals surface area contributed by atoms with Gasteiger partial charge >= 0.3 is 6.03 Å². The molecular formula is C19H16N4O2S2. The van der Waals surface area contributed by atoms with E-state index in [1.165, 1.54) is 28.0 Å². The summed E-state index contributed by atoms with van der Waals surface area (Å²) in [6, 6.07) is 18.2. The van der Waals surface area contributed by atoms with Gasteiger partial charge in [-0.2, -0.15) is 0 Å². The highest BCUT2D eigenvalue weighted by Gasteiger charge is 2.53. The first-order valence-corrected chi connectivity index (χ1v) is 10.3. The maximum Gasteiger partial charge on any atom is 0.325 e. The number of thioether (sulfide) groups is 1. The predicted octanol–water partition coefficient (Wildman–Crippen LogP) is 3.26. The zero-order chi connectivity index (χ0) is 18.9. The van der Waals surface area contributed by atoms with E-state index in [0.29, 0.717) is 5.01 Å². The lowest BCUT2D eigenvalue weighted by atomic mass is 9.82. The van der Waals surface area contributed by atoms with E-state index < -0.39 is 11.6 Å². The minimum atomic E-state index is -1.24. The van der Waals surface area contributed by atoms with Gasteiger partial charge in [0.25, 0.3) is 5.91 Å². The Morgan fingerprint density at radius 3 is 2.11 bits per heavy atom. The molecule has 136 valence electrons. The van der Waals surface area contributed by atoms with Crippen molar-refractivity contribution in [1.29, 1.82) is 0 Å². The van der Waals surface area contributed by atoms with Crippen LogP contribution < -0.4 is 5.32 Å². The number of amides is 3. The molecule has 1 aliphatic heterocycles. The van der Waals surface area contributed by atoms with Crippen molar-refractivity contribution < 1.29 is 9.59 Å². The fourth-order valence-corrected chi connectivity index (χ4v) is 4.48. The van der Waals surface area contributed by atoms with Crippen LogP contribution in [0.15, 0.2) is 65.0 Å². The van der Waals surface area contributed by atoms with Crippen LogP contribution in [0.4, 0.5) is 4.79 Å². The van der Waals surface area contributed by atoms with Crippen molar-refractivity contribution in [2.24, 2.45) is 0 Å². The van der Waals surface area contributed by atoms with Crippen LogP contribution in [0, 0.1) is 0 Å². The fraction of sp³-hybridized carbons (Fsp3) is 0.158. The van der Waals surface area contributed by atoms with E-state index >= 15 is 0 Å². The third-order valence-corrected chi connectivity index (χ3v) is 6.32. The van der Waals surface area contributed by atoms with Crippen LogP contribution >= 0.6 is 23.1 Å². The summed E-state index contributed by atoms with van der Waals surface area (Å²) in [6.45, 7) is 0.101. The Morgan fingerprint density at radius 1 is 1.00 bits per heavy atom. The van der Waals surface area contributed by atoms with Crippen molar-refractivity contribution in [2.45, 2.75) is 16.4 Å². The normalized spacial score (nSPS) is 15.8. The van der Waals surface area contributed by atoms with Crippen molar-refractivity contribution >= 4 is 35.0 Å². The fourth-order valence-electron chi connectivity index (χ4n) is 3.17. The molecule has 2 heterocycles. The van der Waals surface area contributed by atoms with Gasteiger partial charge in [-0.05, 0) is 17.4 Å². The van der Waals surface area contributed by atoms with Crippen LogP contribution in [-0.4, -0.2) is 33.3 Å². The molecule has 4 rings (SSSR count). The van der Waals surface area contributed by atoms with Gasteiger partial charge in [-0.1, -0.05) is 83.8 Å². The molecule has 2 aromatic carbocycles. The summed E-state index contributed by atoms with van der Waals surface area (Å²) in [5.41, 5.74) is 0.199. The Bertz CT molecular complexity index is 936. The molecule has 0 saturated carbocycles. The molecule has 1 fully saturated rings. The summed E-state index contributed by atoms with van der Waals surface area (Å²) in [7, 11) is 0. The van der Waals surface area contributed by atoms with E-state index in [0.717, 1.165) is 15.5 Å². The molecule has 0 unspecified atom stereocenters. The number of imide groups is 1. The Balaban J connectivity index is 1.77. The average Bonchev–Trinajstić information content (AvgIpc) is 3.28. The molecule has 0 aliphatic carbocycles. The van der Waals surface area contributed by atoms with Crippen molar-refractivity contribution in [2.75, 3.05) is 6.26 Å². The van der Waals surface area contributed by atoms with Gasteiger partial charge in [0.15, 0.2) is 9.88 Å². The lowest BCUT2D eigenvalue weighted by Gasteiger charge is -2.27. The maximum absolute atomic E-state index is 13.5. The van der Waals surface area contributed by atoms with Crippen LogP contribution in [0.5, 0.6) is 0 Å². The Hall–Kier alpha value is -2.71. The first-order chi connectivity index (χ1) is 13.1. The molecule has 0 bridgehead atoms. The third-order valence-electron chi connectivity index (χ3n) is 4.44. The Morgan fingerprint density at radius 2 is 1.59 bits per heavy atom. The molecule has 6 nitrogen and oxygen atoms in total. The number of urea groups is 1. The SMILES string of the molecule is CSc1nnc(CN2C(=O)NC(c3ccccc3)(c3ccccc3)C2=O)s1. The summed E-state index contributed by atoms with van der Waals surface area (Å²) in [5.74, 6) is -0.314. The van der Waals surface area contributed by atoms with Crippen molar-refractivity contribution in [3.8, 4) is 0 Å². The molecule has 8 heteroatoms. The molecule has 0 spiro atoms. The van der Waals surface area contributed by atoms with E-state index in [1.54, 1.807) is 0 Å². The summed E-state index contributed by atoms with van der Waals surface area (Å²) in [5, 5.41) is 11.7. The first kappa shape index (κ1) is 17.7. The number of hydrogen-bond donors (Lipinski definition) is 1. The van der Waals surface area contributed by atoms with Crippen molar-refractivity contribution in [3.63, 3.8) is 0 Å². The second-order valence-corrected chi connectivity index (χ2v) is 8.08. The molecule has 0 radical (unpaired) electrons.